The van der Waals surface area contributed by atoms with Gasteiger partial charge in [0.15, 0.2) is 23.8 Å². The van der Waals surface area contributed by atoms with Gasteiger partial charge in [-0.3, -0.25) is 37.7 Å². The summed E-state index contributed by atoms with van der Waals surface area (Å²) in [6.45, 7) is 8.61. The van der Waals surface area contributed by atoms with Gasteiger partial charge in [0.2, 0.25) is 0 Å². The standard InChI is InChI=1S/C56H66F2N5O13P/c1-35-17-13-15-23-39(35)31-71-33-53(3,41(37-19-9-7-10-20-37)29-43-47(66)55(5,57)49(73-43)62-27-25-45(64)60-51(62)68)75-77(59,70)76-54(4,34-72-32-40-24-16-14-18-36(40)2)42(38-21-11-8-12-22-38)30-44-48(67)56(6,58)50(74-44)63-28-26-46(65)61-52(63)69/h7-28,41-44,47-50,66-67H,29-34H2,1-6H3,(H2,59,70)(H,60,64,68)(H,61,65,69)/t41?,42?,43-,44-,47-,48-,49-,50-,53?,54?,55-,56-,77?/m1/s1. The molecule has 6 N–H and O–H groups in total. The van der Waals surface area contributed by atoms with Crippen LogP contribution in [0.1, 0.15) is 98.2 Å². The lowest BCUT2D eigenvalue weighted by Gasteiger charge is -2.44. The molecular formula is C56H66F2N5O13P. The Morgan fingerprint density at radius 2 is 0.974 bits per heavy atom. The normalized spacial score (nSPS) is 26.6. The van der Waals surface area contributed by atoms with Crippen LogP contribution in [-0.4, -0.2) is 89.5 Å². The molecule has 2 saturated heterocycles. The van der Waals surface area contributed by atoms with Crippen molar-refractivity contribution in [2.24, 2.45) is 5.50 Å². The van der Waals surface area contributed by atoms with E-state index in [1.165, 1.54) is 0 Å². The van der Waals surface area contributed by atoms with Crippen LogP contribution >= 0.6 is 7.75 Å². The fourth-order valence-electron chi connectivity index (χ4n) is 10.6. The van der Waals surface area contributed by atoms with E-state index >= 15 is 13.3 Å². The second-order valence-electron chi connectivity index (χ2n) is 20.9. The fourth-order valence-corrected chi connectivity index (χ4v) is 12.2. The summed E-state index contributed by atoms with van der Waals surface area (Å²) < 4.78 is 90.0. The minimum atomic E-state index is -5.01. The van der Waals surface area contributed by atoms with Crippen molar-refractivity contribution in [3.05, 3.63) is 209 Å². The van der Waals surface area contributed by atoms with Crippen LogP contribution in [-0.2, 0) is 45.8 Å². The van der Waals surface area contributed by atoms with E-state index in [1.807, 2.05) is 62.4 Å². The van der Waals surface area contributed by atoms with Gasteiger partial charge in [-0.1, -0.05) is 109 Å². The fraction of sp³-hybridized carbons (Fsp3) is 0.429. The number of aromatic amines is 2. The van der Waals surface area contributed by atoms with Gasteiger partial charge in [-0.05, 0) is 87.8 Å². The van der Waals surface area contributed by atoms with Gasteiger partial charge in [-0.15, -0.1) is 0 Å². The van der Waals surface area contributed by atoms with Crippen LogP contribution < -0.4 is 28.0 Å². The first-order valence-electron chi connectivity index (χ1n) is 25.2. The molecule has 0 spiro atoms. The van der Waals surface area contributed by atoms with Crippen LogP contribution in [0.5, 0.6) is 0 Å². The molecule has 2 aliphatic rings. The molecule has 0 saturated carbocycles. The van der Waals surface area contributed by atoms with Gasteiger partial charge in [0.25, 0.3) is 11.1 Å². The summed E-state index contributed by atoms with van der Waals surface area (Å²) in [6, 6.07) is 34.7. The molecule has 18 nitrogen and oxygen atoms in total. The van der Waals surface area contributed by atoms with Crippen LogP contribution in [0.3, 0.4) is 0 Å². The van der Waals surface area contributed by atoms with E-state index < -0.39 is 101 Å². The number of aliphatic hydroxyl groups is 2. The van der Waals surface area contributed by atoms with Crippen LogP contribution in [0.15, 0.2) is 153 Å². The number of nitrogens with one attached hydrogen (secondary N) is 2. The molecule has 8 rings (SSSR count). The third-order valence-corrected chi connectivity index (χ3v) is 16.3. The van der Waals surface area contributed by atoms with Crippen molar-refractivity contribution in [2.45, 2.75) is 139 Å². The summed E-state index contributed by atoms with van der Waals surface area (Å²) in [4.78, 5) is 54.2. The zero-order chi connectivity index (χ0) is 55.5. The maximum absolute atomic E-state index is 16.9. The molecule has 77 heavy (non-hydrogen) atoms. The van der Waals surface area contributed by atoms with Gasteiger partial charge < -0.3 is 29.2 Å². The largest absolute Gasteiger partial charge is 0.404 e. The number of hydrogen-bond donors (Lipinski definition) is 5. The van der Waals surface area contributed by atoms with Crippen molar-refractivity contribution < 1.29 is 51.6 Å². The monoisotopic (exact) mass is 1090 g/mol. The average molecular weight is 1090 g/mol. The minimum absolute atomic E-state index is 0.0507. The summed E-state index contributed by atoms with van der Waals surface area (Å²) in [5, 5.41) is 23.5. The van der Waals surface area contributed by atoms with Crippen molar-refractivity contribution in [3.63, 3.8) is 0 Å². The first-order valence-corrected chi connectivity index (χ1v) is 26.9. The molecule has 21 heteroatoms. The summed E-state index contributed by atoms with van der Waals surface area (Å²) in [7, 11) is -5.01. The molecule has 0 aliphatic carbocycles. The van der Waals surface area contributed by atoms with E-state index in [0.29, 0.717) is 11.1 Å². The van der Waals surface area contributed by atoms with E-state index in [0.717, 1.165) is 69.8 Å². The van der Waals surface area contributed by atoms with Crippen LogP contribution in [0.2, 0.25) is 0 Å². The predicted molar refractivity (Wildman–Crippen MR) is 282 cm³/mol. The van der Waals surface area contributed by atoms with E-state index in [4.69, 9.17) is 33.5 Å². The Labute approximate surface area is 443 Å². The summed E-state index contributed by atoms with van der Waals surface area (Å²) in [5.41, 5.74) is -0.637. The number of hydrogen-bond acceptors (Lipinski definition) is 13. The van der Waals surface area contributed by atoms with Crippen molar-refractivity contribution >= 4 is 7.75 Å². The molecule has 0 bridgehead atoms. The van der Waals surface area contributed by atoms with Gasteiger partial charge in [0.1, 0.15) is 23.4 Å². The highest BCUT2D eigenvalue weighted by molar-refractivity contribution is 7.51. The molecule has 4 unspecified atom stereocenters. The minimum Gasteiger partial charge on any atom is -0.387 e. The zero-order valence-electron chi connectivity index (χ0n) is 43.6. The van der Waals surface area contributed by atoms with Crippen LogP contribution in [0.4, 0.5) is 8.78 Å². The smallest absolute Gasteiger partial charge is 0.387 e. The third kappa shape index (κ3) is 12.6. The van der Waals surface area contributed by atoms with Crippen LogP contribution in [0, 0.1) is 13.8 Å². The number of nitrogens with zero attached hydrogens (tertiary/aromatic N) is 2. The molecule has 2 aromatic heterocycles. The number of ether oxygens (including phenoxy) is 4. The second-order valence-corrected chi connectivity index (χ2v) is 22.3. The SMILES string of the molecule is Cc1ccccc1COCC(C)(OP(N)(=O)OC(C)(COCc1ccccc1C)C(C[C@H]1O[C@@H](n2ccc(=O)[nH]c2=O)[C@](C)(F)[C@@H]1O)c1ccccc1)C(C[C@H]1O[C@@H](n2ccc(=O)[nH]c2=O)[C@](C)(F)[C@@H]1O)c1ccccc1. The highest BCUT2D eigenvalue weighted by atomic mass is 31.2. The molecule has 2 fully saturated rings. The molecule has 412 valence electrons. The number of nitrogens with two attached hydrogens (primary N) is 1. The molecule has 4 aromatic carbocycles. The quantitative estimate of drug-likeness (QED) is 0.0427. The van der Waals surface area contributed by atoms with E-state index in [2.05, 4.69) is 9.97 Å². The topological polar surface area (TPSA) is 249 Å². The maximum Gasteiger partial charge on any atom is 0.404 e. The summed E-state index contributed by atoms with van der Waals surface area (Å²) in [6.07, 6.45) is -8.19. The van der Waals surface area contributed by atoms with Crippen LogP contribution in [0.25, 0.3) is 0 Å². The third-order valence-electron chi connectivity index (χ3n) is 14.9. The Balaban J connectivity index is 1.19. The molecule has 2 aliphatic heterocycles. The lowest BCUT2D eigenvalue weighted by Crippen LogP contribution is -2.47. The number of rotatable bonds is 22. The summed E-state index contributed by atoms with van der Waals surface area (Å²) in [5.74, 6) is -2.01. The lowest BCUT2D eigenvalue weighted by molar-refractivity contribution is -0.0976. The highest BCUT2D eigenvalue weighted by Crippen LogP contribution is 2.56. The highest BCUT2D eigenvalue weighted by Gasteiger charge is 2.59. The number of alkyl halides is 2. The maximum atomic E-state index is 16.9. The van der Waals surface area contributed by atoms with Crippen molar-refractivity contribution in [1.82, 2.24) is 19.1 Å². The van der Waals surface area contributed by atoms with Crippen molar-refractivity contribution in [3.8, 4) is 0 Å². The Bertz CT molecular complexity index is 3070. The number of aryl methyl sites for hydroxylation is 2. The van der Waals surface area contributed by atoms with E-state index in [9.17, 15) is 29.4 Å². The van der Waals surface area contributed by atoms with Gasteiger partial charge in [-0.2, -0.15) is 0 Å². The number of benzene rings is 4. The Hall–Kier alpha value is -6.03. The number of aliphatic hydroxyl groups excluding tert-OH is 2. The Morgan fingerprint density at radius 3 is 1.32 bits per heavy atom. The first kappa shape index (κ1) is 57.2. The average Bonchev–Trinajstić information content (AvgIpc) is 3.81. The first-order chi connectivity index (χ1) is 36.4. The molecule has 12 atom stereocenters. The molecule has 6 aromatic rings. The summed E-state index contributed by atoms with van der Waals surface area (Å²) >= 11 is 0. The molecule has 4 heterocycles. The molecular weight excluding hydrogens is 1020 g/mol. The number of H-pyrrole nitrogens is 2. The van der Waals surface area contributed by atoms with Gasteiger partial charge in [0.05, 0.1) is 38.6 Å². The van der Waals surface area contributed by atoms with Crippen molar-refractivity contribution in [2.75, 3.05) is 13.2 Å². The zero-order valence-corrected chi connectivity index (χ0v) is 44.5. The van der Waals surface area contributed by atoms with Gasteiger partial charge >= 0.3 is 19.1 Å². The van der Waals surface area contributed by atoms with E-state index in [-0.39, 0.29) is 39.3 Å². The second kappa shape index (κ2) is 23.1. The Morgan fingerprint density at radius 1 is 0.623 bits per heavy atom. The lowest BCUT2D eigenvalue weighted by atomic mass is 9.78. The predicted octanol–water partition coefficient (Wildman–Crippen LogP) is 7.08. The Kier molecular flexibility index (Phi) is 17.2. The number of aromatic nitrogens is 4. The van der Waals surface area contributed by atoms with Gasteiger partial charge in [0, 0.05) is 36.4 Å². The van der Waals surface area contributed by atoms with Gasteiger partial charge in [-0.25, -0.2) is 28.4 Å². The molecule has 0 amide bonds. The molecule has 0 radical (unpaired) electrons. The number of halogens is 2. The van der Waals surface area contributed by atoms with Crippen molar-refractivity contribution in [1.29, 1.82) is 0 Å². The van der Waals surface area contributed by atoms with E-state index in [1.54, 1.807) is 74.5 Å².